The van der Waals surface area contributed by atoms with E-state index >= 15 is 0 Å². The number of anilines is 2. The van der Waals surface area contributed by atoms with Gasteiger partial charge in [0.25, 0.3) is 0 Å². The van der Waals surface area contributed by atoms with Crippen LogP contribution in [0.2, 0.25) is 5.02 Å². The second kappa shape index (κ2) is 4.77. The molecule has 0 amide bonds. The Bertz CT molecular complexity index is 409. The molecule has 0 radical (unpaired) electrons. The minimum atomic E-state index is 0.211. The van der Waals surface area contributed by atoms with Gasteiger partial charge in [-0.15, -0.1) is 0 Å². The number of aryl methyl sites for hydroxylation is 1. The van der Waals surface area contributed by atoms with E-state index in [0.29, 0.717) is 10.7 Å². The van der Waals surface area contributed by atoms with Gasteiger partial charge in [-0.3, -0.25) is 0 Å². The Balaban J connectivity index is 2.20. The van der Waals surface area contributed by atoms with Crippen molar-refractivity contribution >= 4 is 23.0 Å². The van der Waals surface area contributed by atoms with Crippen molar-refractivity contribution < 1.29 is 0 Å². The van der Waals surface area contributed by atoms with E-state index in [4.69, 9.17) is 17.3 Å². The molecule has 2 nitrogen and oxygen atoms in total. The average Bonchev–Trinajstić information content (AvgIpc) is 2.26. The molecule has 17 heavy (non-hydrogen) atoms. The lowest BCUT2D eigenvalue weighted by atomic mass is 9.83. The molecular formula is C14H21ClN2. The number of nitrogens with two attached hydrogens (primary N) is 1. The fraction of sp³-hybridized carbons (Fsp3) is 0.571. The second-order valence-corrected chi connectivity index (χ2v) is 5.84. The van der Waals surface area contributed by atoms with Gasteiger partial charge in [0.1, 0.15) is 0 Å². The van der Waals surface area contributed by atoms with E-state index in [9.17, 15) is 0 Å². The standard InChI is InChI=1S/C14H21ClN2/c1-10-8-12(16)11(15)9-13(10)17-14(2)6-4-3-5-7-14/h8-9,17H,3-7,16H2,1-2H3. The van der Waals surface area contributed by atoms with Crippen molar-refractivity contribution in [2.75, 3.05) is 11.1 Å². The van der Waals surface area contributed by atoms with Gasteiger partial charge in [0, 0.05) is 11.2 Å². The summed E-state index contributed by atoms with van der Waals surface area (Å²) in [6, 6.07) is 3.89. The molecule has 2 rings (SSSR count). The molecule has 1 aromatic rings. The van der Waals surface area contributed by atoms with Gasteiger partial charge in [-0.1, -0.05) is 30.9 Å². The summed E-state index contributed by atoms with van der Waals surface area (Å²) in [5.41, 5.74) is 8.95. The van der Waals surface area contributed by atoms with Crippen LogP contribution in [0.15, 0.2) is 12.1 Å². The second-order valence-electron chi connectivity index (χ2n) is 5.43. The van der Waals surface area contributed by atoms with Crippen LogP contribution in [-0.4, -0.2) is 5.54 Å². The van der Waals surface area contributed by atoms with Crippen LogP contribution < -0.4 is 11.1 Å². The first-order chi connectivity index (χ1) is 8.00. The maximum absolute atomic E-state index is 6.08. The van der Waals surface area contributed by atoms with E-state index in [0.717, 1.165) is 5.69 Å². The first kappa shape index (κ1) is 12.6. The van der Waals surface area contributed by atoms with Gasteiger partial charge in [-0.05, 0) is 44.4 Å². The van der Waals surface area contributed by atoms with Crippen LogP contribution in [0.5, 0.6) is 0 Å². The lowest BCUT2D eigenvalue weighted by Crippen LogP contribution is -2.37. The van der Waals surface area contributed by atoms with Crippen LogP contribution in [0.4, 0.5) is 11.4 Å². The molecule has 1 fully saturated rings. The van der Waals surface area contributed by atoms with E-state index in [1.54, 1.807) is 0 Å². The largest absolute Gasteiger partial charge is 0.398 e. The van der Waals surface area contributed by atoms with Crippen molar-refractivity contribution in [2.45, 2.75) is 51.5 Å². The van der Waals surface area contributed by atoms with Crippen LogP contribution in [0.25, 0.3) is 0 Å². The zero-order chi connectivity index (χ0) is 12.5. The monoisotopic (exact) mass is 252 g/mol. The summed E-state index contributed by atoms with van der Waals surface area (Å²) in [5, 5.41) is 4.29. The van der Waals surface area contributed by atoms with E-state index in [2.05, 4.69) is 19.2 Å². The SMILES string of the molecule is Cc1cc(N)c(Cl)cc1NC1(C)CCCCC1. The van der Waals surface area contributed by atoms with Crippen molar-refractivity contribution in [3.8, 4) is 0 Å². The molecule has 0 unspecified atom stereocenters. The molecule has 1 aliphatic rings. The molecule has 0 spiro atoms. The summed E-state index contributed by atoms with van der Waals surface area (Å²) in [6.07, 6.45) is 6.44. The summed E-state index contributed by atoms with van der Waals surface area (Å²) in [5.74, 6) is 0. The fourth-order valence-corrected chi connectivity index (χ4v) is 2.78. The highest BCUT2D eigenvalue weighted by Gasteiger charge is 2.26. The topological polar surface area (TPSA) is 38.0 Å². The third-order valence-electron chi connectivity index (χ3n) is 3.74. The van der Waals surface area contributed by atoms with Gasteiger partial charge in [-0.2, -0.15) is 0 Å². The molecule has 3 heteroatoms. The minimum Gasteiger partial charge on any atom is -0.398 e. The van der Waals surface area contributed by atoms with E-state index in [-0.39, 0.29) is 5.54 Å². The first-order valence-electron chi connectivity index (χ1n) is 6.34. The van der Waals surface area contributed by atoms with Crippen LogP contribution >= 0.6 is 11.6 Å². The molecule has 3 N–H and O–H groups in total. The molecule has 1 saturated carbocycles. The van der Waals surface area contributed by atoms with E-state index < -0.39 is 0 Å². The van der Waals surface area contributed by atoms with Crippen LogP contribution in [0.1, 0.15) is 44.6 Å². The van der Waals surface area contributed by atoms with Gasteiger partial charge in [0.05, 0.1) is 10.7 Å². The highest BCUT2D eigenvalue weighted by Crippen LogP contribution is 2.34. The quantitative estimate of drug-likeness (QED) is 0.768. The number of hydrogen-bond acceptors (Lipinski definition) is 2. The Morgan fingerprint density at radius 2 is 1.88 bits per heavy atom. The molecule has 0 aromatic heterocycles. The van der Waals surface area contributed by atoms with Crippen molar-refractivity contribution in [3.05, 3.63) is 22.7 Å². The Morgan fingerprint density at radius 3 is 2.53 bits per heavy atom. The van der Waals surface area contributed by atoms with Crippen LogP contribution in [0, 0.1) is 6.92 Å². The molecule has 0 bridgehead atoms. The Hall–Kier alpha value is -0.890. The third-order valence-corrected chi connectivity index (χ3v) is 4.06. The highest BCUT2D eigenvalue weighted by atomic mass is 35.5. The van der Waals surface area contributed by atoms with Crippen LogP contribution in [-0.2, 0) is 0 Å². The number of halogens is 1. The van der Waals surface area contributed by atoms with Gasteiger partial charge < -0.3 is 11.1 Å². The summed E-state index contributed by atoms with van der Waals surface area (Å²) in [7, 11) is 0. The molecule has 1 aromatic carbocycles. The smallest absolute Gasteiger partial charge is 0.0656 e. The number of nitrogen functional groups attached to an aromatic ring is 1. The summed E-state index contributed by atoms with van der Waals surface area (Å²) in [6.45, 7) is 4.37. The molecule has 0 atom stereocenters. The zero-order valence-electron chi connectivity index (χ0n) is 10.6. The Morgan fingerprint density at radius 1 is 1.24 bits per heavy atom. The maximum atomic E-state index is 6.08. The van der Waals surface area contributed by atoms with Gasteiger partial charge in [-0.25, -0.2) is 0 Å². The molecule has 1 aliphatic carbocycles. The predicted molar refractivity (Wildman–Crippen MR) is 75.7 cm³/mol. The maximum Gasteiger partial charge on any atom is 0.0656 e. The first-order valence-corrected chi connectivity index (χ1v) is 6.72. The number of benzene rings is 1. The van der Waals surface area contributed by atoms with Crippen molar-refractivity contribution in [1.29, 1.82) is 0 Å². The molecule has 94 valence electrons. The fourth-order valence-electron chi connectivity index (χ4n) is 2.62. The number of rotatable bonds is 2. The average molecular weight is 253 g/mol. The molecule has 0 aliphatic heterocycles. The third kappa shape index (κ3) is 2.86. The van der Waals surface area contributed by atoms with Gasteiger partial charge in [0.2, 0.25) is 0 Å². The van der Waals surface area contributed by atoms with E-state index in [1.165, 1.54) is 37.7 Å². The number of nitrogens with one attached hydrogen (secondary N) is 1. The van der Waals surface area contributed by atoms with Gasteiger partial charge in [0.15, 0.2) is 0 Å². The Kier molecular flexibility index (Phi) is 3.53. The predicted octanol–water partition coefficient (Wildman–Crippen LogP) is 4.37. The van der Waals surface area contributed by atoms with Crippen LogP contribution in [0.3, 0.4) is 0 Å². The molecule has 0 saturated heterocycles. The Labute approximate surface area is 109 Å². The van der Waals surface area contributed by atoms with Crippen molar-refractivity contribution in [1.82, 2.24) is 0 Å². The summed E-state index contributed by atoms with van der Waals surface area (Å²) in [4.78, 5) is 0. The minimum absolute atomic E-state index is 0.211. The lowest BCUT2D eigenvalue weighted by molar-refractivity contribution is 0.349. The van der Waals surface area contributed by atoms with E-state index in [1.807, 2.05) is 12.1 Å². The van der Waals surface area contributed by atoms with Gasteiger partial charge >= 0.3 is 0 Å². The molecule has 0 heterocycles. The zero-order valence-corrected chi connectivity index (χ0v) is 11.4. The van der Waals surface area contributed by atoms with Crippen molar-refractivity contribution in [2.24, 2.45) is 0 Å². The van der Waals surface area contributed by atoms with Crippen molar-refractivity contribution in [3.63, 3.8) is 0 Å². The summed E-state index contributed by atoms with van der Waals surface area (Å²) >= 11 is 6.08. The summed E-state index contributed by atoms with van der Waals surface area (Å²) < 4.78 is 0. The lowest BCUT2D eigenvalue weighted by Gasteiger charge is -2.36. The highest BCUT2D eigenvalue weighted by molar-refractivity contribution is 6.33. The number of hydrogen-bond donors (Lipinski definition) is 2. The molecular weight excluding hydrogens is 232 g/mol. The normalized spacial score (nSPS) is 19.0.